The topological polar surface area (TPSA) is 0 Å². The van der Waals surface area contributed by atoms with Crippen molar-refractivity contribution >= 4 is 21.2 Å². The van der Waals surface area contributed by atoms with Gasteiger partial charge < -0.3 is 0 Å². The lowest BCUT2D eigenvalue weighted by Gasteiger charge is -2.28. The van der Waals surface area contributed by atoms with Crippen molar-refractivity contribution in [1.82, 2.24) is 0 Å². The third-order valence-corrected chi connectivity index (χ3v) is 10.6. The van der Waals surface area contributed by atoms with E-state index in [9.17, 15) is 0 Å². The quantitative estimate of drug-likeness (QED) is 0.208. The average molecular weight is 579 g/mol. The third kappa shape index (κ3) is 6.59. The first-order valence-electron chi connectivity index (χ1n) is 14.9. The average Bonchev–Trinajstić information content (AvgIpc) is 3.21. The number of hydrogen-bond acceptors (Lipinski definition) is 0. The molecular formula is C42H42S. The number of rotatable bonds is 2. The molecule has 43 heavy (non-hydrogen) atoms. The molecular weight excluding hydrogens is 537 g/mol. The van der Waals surface area contributed by atoms with Gasteiger partial charge in [0.2, 0.25) is 0 Å². The minimum absolute atomic E-state index is 0.113. The fourth-order valence-electron chi connectivity index (χ4n) is 5.35. The molecule has 216 valence electrons. The number of allylic oxidation sites excluding steroid dienone is 4. The van der Waals surface area contributed by atoms with E-state index < -0.39 is 10.0 Å². The van der Waals surface area contributed by atoms with Crippen LogP contribution < -0.4 is 0 Å². The van der Waals surface area contributed by atoms with Crippen LogP contribution in [-0.2, 0) is 10.8 Å². The molecule has 4 aromatic rings. The van der Waals surface area contributed by atoms with Gasteiger partial charge in [-0.05, 0) is 69.9 Å². The van der Waals surface area contributed by atoms with E-state index >= 15 is 0 Å². The maximum atomic E-state index is 3.70. The zero-order valence-corrected chi connectivity index (χ0v) is 27.6. The summed E-state index contributed by atoms with van der Waals surface area (Å²) >= 11 is 0. The molecule has 0 radical (unpaired) electrons. The van der Waals surface area contributed by atoms with Crippen LogP contribution in [0.1, 0.15) is 74.9 Å². The molecule has 0 atom stereocenters. The fraction of sp³-hybridized carbons (Fsp3) is 0.238. The van der Waals surface area contributed by atoms with Crippen molar-refractivity contribution in [2.75, 3.05) is 12.5 Å². The molecule has 0 spiro atoms. The van der Waals surface area contributed by atoms with Crippen LogP contribution in [0, 0.1) is 23.7 Å². The van der Waals surface area contributed by atoms with Crippen LogP contribution in [0.5, 0.6) is 0 Å². The highest BCUT2D eigenvalue weighted by atomic mass is 32.3. The molecule has 1 heteroatoms. The van der Waals surface area contributed by atoms with Crippen molar-refractivity contribution in [3.05, 3.63) is 152 Å². The van der Waals surface area contributed by atoms with Gasteiger partial charge in [-0.25, -0.2) is 0 Å². The molecule has 0 unspecified atom stereocenters. The van der Waals surface area contributed by atoms with Crippen molar-refractivity contribution in [2.24, 2.45) is 0 Å². The Bertz CT molecular complexity index is 1660. The van der Waals surface area contributed by atoms with Gasteiger partial charge in [0, 0.05) is 22.3 Å². The Hall–Kier alpha value is -4.17. The molecule has 0 N–H and O–H groups in total. The van der Waals surface area contributed by atoms with Gasteiger partial charge in [-0.1, -0.05) is 150 Å². The second-order valence-corrected chi connectivity index (χ2v) is 17.1. The summed E-state index contributed by atoms with van der Waals surface area (Å²) in [5.74, 6) is 14.5. The van der Waals surface area contributed by atoms with E-state index in [1.54, 1.807) is 0 Å². The van der Waals surface area contributed by atoms with Gasteiger partial charge in [0.25, 0.3) is 0 Å². The van der Waals surface area contributed by atoms with Gasteiger partial charge in [0.05, 0.1) is 9.81 Å². The molecule has 0 fully saturated rings. The van der Waals surface area contributed by atoms with Crippen LogP contribution in [0.15, 0.2) is 119 Å². The lowest BCUT2D eigenvalue weighted by molar-refractivity contribution is 0.590. The Kier molecular flexibility index (Phi) is 8.34. The van der Waals surface area contributed by atoms with Crippen LogP contribution in [0.25, 0.3) is 11.1 Å². The Morgan fingerprint density at radius 2 is 0.744 bits per heavy atom. The van der Waals surface area contributed by atoms with E-state index in [-0.39, 0.29) is 10.8 Å². The zero-order chi connectivity index (χ0) is 30.8. The number of benzene rings is 4. The highest BCUT2D eigenvalue weighted by Crippen LogP contribution is 2.67. The smallest absolute Gasteiger partial charge is 0.0534 e. The van der Waals surface area contributed by atoms with Crippen molar-refractivity contribution in [3.8, 4) is 23.7 Å². The summed E-state index contributed by atoms with van der Waals surface area (Å²) in [5, 5.41) is 0. The van der Waals surface area contributed by atoms with Crippen molar-refractivity contribution < 1.29 is 0 Å². The first kappa shape index (κ1) is 30.3. The van der Waals surface area contributed by atoms with Gasteiger partial charge >= 0.3 is 0 Å². The molecule has 1 heterocycles. The molecule has 5 rings (SSSR count). The Morgan fingerprint density at radius 1 is 0.419 bits per heavy atom. The highest BCUT2D eigenvalue weighted by Gasteiger charge is 2.36. The van der Waals surface area contributed by atoms with Gasteiger partial charge in [-0.2, -0.15) is 10.0 Å². The van der Waals surface area contributed by atoms with Gasteiger partial charge in [-0.3, -0.25) is 0 Å². The monoisotopic (exact) mass is 578 g/mol. The summed E-state index contributed by atoms with van der Waals surface area (Å²) in [6.07, 6.45) is 4.70. The summed E-state index contributed by atoms with van der Waals surface area (Å²) < 4.78 is 0. The third-order valence-electron chi connectivity index (χ3n) is 7.99. The van der Waals surface area contributed by atoms with E-state index in [4.69, 9.17) is 0 Å². The standard InChI is InChI=1S/C42H42S/c1-41(2,3)35-25-19-31(20-26-35)23-29-37-39(33-15-11-9-12-16-33)40(34-17-13-10-14-18-34)38(43(37,7)8)30-24-32-21-27-36(28-22-32)42(4,5)6/h9-22,25-28H,1-8H3. The molecule has 1 aliphatic rings. The molecule has 0 aliphatic carbocycles. The summed E-state index contributed by atoms with van der Waals surface area (Å²) in [6.45, 7) is 13.5. The predicted molar refractivity (Wildman–Crippen MR) is 190 cm³/mol. The van der Waals surface area contributed by atoms with Crippen LogP contribution in [-0.4, -0.2) is 12.5 Å². The first-order chi connectivity index (χ1) is 20.4. The van der Waals surface area contributed by atoms with Gasteiger partial charge in [0.15, 0.2) is 0 Å². The van der Waals surface area contributed by atoms with E-state index in [2.05, 4.69) is 187 Å². The van der Waals surface area contributed by atoms with Crippen molar-refractivity contribution in [3.63, 3.8) is 0 Å². The first-order valence-corrected chi connectivity index (χ1v) is 17.4. The number of hydrogen-bond donors (Lipinski definition) is 0. The maximum Gasteiger partial charge on any atom is 0.0534 e. The van der Waals surface area contributed by atoms with E-state index in [1.807, 2.05) is 0 Å². The predicted octanol–water partition coefficient (Wildman–Crippen LogP) is 10.6. The van der Waals surface area contributed by atoms with Crippen molar-refractivity contribution in [2.45, 2.75) is 52.4 Å². The van der Waals surface area contributed by atoms with Gasteiger partial charge in [0.1, 0.15) is 0 Å². The molecule has 0 saturated carbocycles. The Labute approximate surface area is 261 Å². The van der Waals surface area contributed by atoms with E-state index in [0.717, 1.165) is 11.1 Å². The Morgan fingerprint density at radius 3 is 1.05 bits per heavy atom. The minimum Gasteiger partial charge on any atom is -0.177 e. The summed E-state index contributed by atoms with van der Waals surface area (Å²) in [4.78, 5) is 2.37. The largest absolute Gasteiger partial charge is 0.177 e. The fourth-order valence-corrected chi connectivity index (χ4v) is 7.62. The molecule has 1 aliphatic heterocycles. The SMILES string of the molecule is CC(C)(C)c1ccc(C#CC2=C(c3ccccc3)C(c3ccccc3)=C(C#Cc3ccc(C(C)(C)C)cc3)S2(C)C)cc1. The lowest BCUT2D eigenvalue weighted by Crippen LogP contribution is -2.10. The summed E-state index contributed by atoms with van der Waals surface area (Å²) in [7, 11) is -1.51. The van der Waals surface area contributed by atoms with Crippen LogP contribution in [0.3, 0.4) is 0 Å². The van der Waals surface area contributed by atoms with Crippen LogP contribution >= 0.6 is 10.0 Å². The van der Waals surface area contributed by atoms with Gasteiger partial charge in [-0.15, -0.1) is 0 Å². The molecule has 0 nitrogen and oxygen atoms in total. The second-order valence-electron chi connectivity index (χ2n) is 13.6. The lowest BCUT2D eigenvalue weighted by atomic mass is 9.87. The second kappa shape index (κ2) is 11.8. The molecule has 0 aromatic heterocycles. The molecule has 0 amide bonds. The maximum absolute atomic E-state index is 3.70. The highest BCUT2D eigenvalue weighted by molar-refractivity contribution is 8.39. The molecule has 0 saturated heterocycles. The van der Waals surface area contributed by atoms with E-state index in [1.165, 1.54) is 43.2 Å². The minimum atomic E-state index is -1.51. The Balaban J connectivity index is 1.69. The molecule has 4 aromatic carbocycles. The molecule has 0 bridgehead atoms. The zero-order valence-electron chi connectivity index (χ0n) is 26.8. The summed E-state index contributed by atoms with van der Waals surface area (Å²) in [6, 6.07) is 38.9. The van der Waals surface area contributed by atoms with E-state index in [0.29, 0.717) is 0 Å². The van der Waals surface area contributed by atoms with Crippen LogP contribution in [0.4, 0.5) is 0 Å². The summed E-state index contributed by atoms with van der Waals surface area (Å²) in [5.41, 5.74) is 9.69. The van der Waals surface area contributed by atoms with Crippen molar-refractivity contribution in [1.29, 1.82) is 0 Å². The van der Waals surface area contributed by atoms with Crippen LogP contribution in [0.2, 0.25) is 0 Å². The normalized spacial score (nSPS) is 15.3.